The summed E-state index contributed by atoms with van der Waals surface area (Å²) in [5, 5.41) is 13.2. The Morgan fingerprint density at radius 1 is 1.24 bits per heavy atom. The molecule has 0 bridgehead atoms. The zero-order valence-electron chi connectivity index (χ0n) is 12.9. The number of nitrogens with zero attached hydrogens (tertiary/aromatic N) is 1. The number of nitro groups is 1. The summed E-state index contributed by atoms with van der Waals surface area (Å²) in [4.78, 5) is 34.2. The van der Waals surface area contributed by atoms with E-state index in [1.54, 1.807) is 24.3 Å². The minimum absolute atomic E-state index is 0.0597. The molecule has 0 aliphatic heterocycles. The smallest absolute Gasteiger partial charge is 0.340 e. The topological polar surface area (TPSA) is 98.5 Å². The summed E-state index contributed by atoms with van der Waals surface area (Å²) in [6, 6.07) is 10.2. The average Bonchev–Trinajstić information content (AvgIpc) is 2.56. The molecule has 0 radical (unpaired) electrons. The second kappa shape index (κ2) is 8.09. The van der Waals surface area contributed by atoms with E-state index >= 15 is 0 Å². The first-order valence-corrected chi connectivity index (χ1v) is 8.16. The third kappa shape index (κ3) is 5.01. The number of rotatable bonds is 5. The van der Waals surface area contributed by atoms with Crippen molar-refractivity contribution >= 4 is 50.8 Å². The van der Waals surface area contributed by atoms with E-state index in [0.29, 0.717) is 5.69 Å². The molecule has 1 atom stereocenters. The molecule has 1 N–H and O–H groups in total. The Labute approximate surface area is 156 Å². The molecule has 9 heteroatoms. The van der Waals surface area contributed by atoms with Gasteiger partial charge in [0, 0.05) is 22.3 Å². The highest BCUT2D eigenvalue weighted by Gasteiger charge is 2.22. The predicted octanol–water partition coefficient (Wildman–Crippen LogP) is 4.19. The van der Waals surface area contributed by atoms with Crippen molar-refractivity contribution in [3.63, 3.8) is 0 Å². The number of hydrogen-bond donors (Lipinski definition) is 1. The Kier molecular flexibility index (Phi) is 6.11. The maximum absolute atomic E-state index is 12.1. The molecule has 1 amide bonds. The van der Waals surface area contributed by atoms with Gasteiger partial charge in [0.05, 0.1) is 15.5 Å². The van der Waals surface area contributed by atoms with Crippen LogP contribution in [0.15, 0.2) is 46.9 Å². The lowest BCUT2D eigenvalue weighted by molar-refractivity contribution is -0.384. The van der Waals surface area contributed by atoms with Crippen molar-refractivity contribution in [1.29, 1.82) is 0 Å². The number of amides is 1. The van der Waals surface area contributed by atoms with Gasteiger partial charge >= 0.3 is 5.97 Å². The van der Waals surface area contributed by atoms with Crippen LogP contribution in [-0.4, -0.2) is 22.9 Å². The van der Waals surface area contributed by atoms with Gasteiger partial charge in [-0.15, -0.1) is 0 Å². The highest BCUT2D eigenvalue weighted by molar-refractivity contribution is 9.10. The van der Waals surface area contributed by atoms with Crippen LogP contribution < -0.4 is 5.32 Å². The van der Waals surface area contributed by atoms with Gasteiger partial charge in [0.2, 0.25) is 0 Å². The molecule has 130 valence electrons. The lowest BCUT2D eigenvalue weighted by Crippen LogP contribution is -2.30. The molecule has 1 unspecified atom stereocenters. The quantitative estimate of drug-likeness (QED) is 0.438. The van der Waals surface area contributed by atoms with Crippen LogP contribution in [-0.2, 0) is 9.53 Å². The Morgan fingerprint density at radius 3 is 2.44 bits per heavy atom. The highest BCUT2D eigenvalue weighted by Crippen LogP contribution is 2.23. The molecule has 2 rings (SSSR count). The predicted molar refractivity (Wildman–Crippen MR) is 95.8 cm³/mol. The van der Waals surface area contributed by atoms with Gasteiger partial charge < -0.3 is 10.1 Å². The van der Waals surface area contributed by atoms with Gasteiger partial charge in [-0.1, -0.05) is 27.5 Å². The van der Waals surface area contributed by atoms with Crippen molar-refractivity contribution < 1.29 is 19.2 Å². The van der Waals surface area contributed by atoms with Crippen molar-refractivity contribution in [2.75, 3.05) is 5.32 Å². The number of halogens is 2. The van der Waals surface area contributed by atoms with Crippen molar-refractivity contribution in [3.8, 4) is 0 Å². The lowest BCUT2D eigenvalue weighted by Gasteiger charge is -2.14. The van der Waals surface area contributed by atoms with E-state index in [1.165, 1.54) is 13.0 Å². The first-order valence-electron chi connectivity index (χ1n) is 6.99. The number of carbonyl (C=O) groups excluding carboxylic acids is 2. The number of nitrogens with one attached hydrogen (secondary N) is 1. The average molecular weight is 428 g/mol. The Bertz CT molecular complexity index is 826. The van der Waals surface area contributed by atoms with E-state index in [0.717, 1.165) is 16.6 Å². The summed E-state index contributed by atoms with van der Waals surface area (Å²) in [6.45, 7) is 1.41. The van der Waals surface area contributed by atoms with E-state index in [-0.39, 0.29) is 16.3 Å². The molecule has 2 aromatic rings. The van der Waals surface area contributed by atoms with Crippen LogP contribution in [0.1, 0.15) is 17.3 Å². The maximum atomic E-state index is 12.1. The van der Waals surface area contributed by atoms with Crippen LogP contribution in [0.2, 0.25) is 5.02 Å². The van der Waals surface area contributed by atoms with Crippen LogP contribution in [0.5, 0.6) is 0 Å². The van der Waals surface area contributed by atoms with E-state index in [2.05, 4.69) is 21.2 Å². The third-order valence-corrected chi connectivity index (χ3v) is 3.99. The summed E-state index contributed by atoms with van der Waals surface area (Å²) in [5.41, 5.74) is 0.239. The van der Waals surface area contributed by atoms with Gasteiger partial charge in [-0.3, -0.25) is 14.9 Å². The molecule has 0 saturated carbocycles. The van der Waals surface area contributed by atoms with Crippen LogP contribution >= 0.6 is 27.5 Å². The summed E-state index contributed by atoms with van der Waals surface area (Å²) in [5.74, 6) is -1.37. The van der Waals surface area contributed by atoms with Gasteiger partial charge in [-0.05, 0) is 37.3 Å². The number of nitro benzene ring substituents is 1. The maximum Gasteiger partial charge on any atom is 0.340 e. The van der Waals surface area contributed by atoms with Crippen LogP contribution in [0.4, 0.5) is 11.4 Å². The molecule has 0 aliphatic rings. The molecule has 0 saturated heterocycles. The van der Waals surface area contributed by atoms with Crippen molar-refractivity contribution in [3.05, 3.63) is 67.6 Å². The zero-order chi connectivity index (χ0) is 18.6. The van der Waals surface area contributed by atoms with E-state index in [9.17, 15) is 19.7 Å². The number of hydrogen-bond acceptors (Lipinski definition) is 5. The van der Waals surface area contributed by atoms with Gasteiger partial charge in [-0.2, -0.15) is 0 Å². The molecule has 0 aliphatic carbocycles. The van der Waals surface area contributed by atoms with Crippen molar-refractivity contribution in [2.24, 2.45) is 0 Å². The van der Waals surface area contributed by atoms with E-state index in [4.69, 9.17) is 16.3 Å². The Hall–Kier alpha value is -2.45. The molecule has 0 fully saturated rings. The third-order valence-electron chi connectivity index (χ3n) is 3.15. The molecular weight excluding hydrogens is 416 g/mol. The van der Waals surface area contributed by atoms with E-state index < -0.39 is 22.9 Å². The van der Waals surface area contributed by atoms with Gasteiger partial charge in [0.15, 0.2) is 6.10 Å². The molecule has 25 heavy (non-hydrogen) atoms. The second-order valence-corrected chi connectivity index (χ2v) is 6.29. The number of esters is 1. The van der Waals surface area contributed by atoms with Gasteiger partial charge in [-0.25, -0.2) is 4.79 Å². The lowest BCUT2D eigenvalue weighted by atomic mass is 10.2. The zero-order valence-corrected chi connectivity index (χ0v) is 15.2. The fourth-order valence-corrected chi connectivity index (χ4v) is 2.35. The number of benzene rings is 2. The minimum Gasteiger partial charge on any atom is -0.449 e. The molecule has 2 aromatic carbocycles. The number of ether oxygens (including phenoxy) is 1. The molecule has 7 nitrogen and oxygen atoms in total. The fraction of sp³-hybridized carbons (Fsp3) is 0.125. The number of anilines is 1. The molecular formula is C16H12BrClN2O5. The van der Waals surface area contributed by atoms with Gasteiger partial charge in [0.25, 0.3) is 11.6 Å². The van der Waals surface area contributed by atoms with Crippen molar-refractivity contribution in [1.82, 2.24) is 0 Å². The van der Waals surface area contributed by atoms with E-state index in [1.807, 2.05) is 0 Å². The number of non-ortho nitro benzene ring substituents is 1. The number of carbonyl (C=O) groups is 2. The van der Waals surface area contributed by atoms with Crippen LogP contribution in [0, 0.1) is 10.1 Å². The van der Waals surface area contributed by atoms with Crippen LogP contribution in [0.3, 0.4) is 0 Å². The molecule has 0 heterocycles. The van der Waals surface area contributed by atoms with Crippen LogP contribution in [0.25, 0.3) is 0 Å². The second-order valence-electron chi connectivity index (χ2n) is 4.96. The fourth-order valence-electron chi connectivity index (χ4n) is 1.84. The van der Waals surface area contributed by atoms with Gasteiger partial charge in [0.1, 0.15) is 0 Å². The van der Waals surface area contributed by atoms with Crippen molar-refractivity contribution in [2.45, 2.75) is 13.0 Å². The highest BCUT2D eigenvalue weighted by atomic mass is 79.9. The standard InChI is InChI=1S/C16H12BrClN2O5/c1-9(15(21)19-11-4-2-10(17)3-5-11)25-16(22)13-7-6-12(20(23)24)8-14(13)18/h2-9H,1H3,(H,19,21). The monoisotopic (exact) mass is 426 g/mol. The summed E-state index contributed by atoms with van der Waals surface area (Å²) < 4.78 is 5.92. The first-order chi connectivity index (χ1) is 11.8. The summed E-state index contributed by atoms with van der Waals surface area (Å²) >= 11 is 9.15. The largest absolute Gasteiger partial charge is 0.449 e. The molecule has 0 aromatic heterocycles. The Balaban J connectivity index is 2.02. The summed E-state index contributed by atoms with van der Waals surface area (Å²) in [6.07, 6.45) is -1.08. The Morgan fingerprint density at radius 2 is 1.88 bits per heavy atom. The minimum atomic E-state index is -1.08. The first kappa shape index (κ1) is 18.9. The summed E-state index contributed by atoms with van der Waals surface area (Å²) in [7, 11) is 0. The SMILES string of the molecule is CC(OC(=O)c1ccc([N+](=O)[O-])cc1Cl)C(=O)Nc1ccc(Br)cc1. The molecule has 0 spiro atoms. The normalized spacial score (nSPS) is 11.5.